The first-order chi connectivity index (χ1) is 13.0. The van der Waals surface area contributed by atoms with Crippen molar-refractivity contribution in [3.8, 4) is 0 Å². The number of amides is 1. The van der Waals surface area contributed by atoms with Crippen LogP contribution in [0, 0.1) is 23.6 Å². The molecule has 1 heterocycles. The highest BCUT2D eigenvalue weighted by Gasteiger charge is 2.48. The Labute approximate surface area is 162 Å². The molecule has 27 heavy (non-hydrogen) atoms. The largest absolute Gasteiger partial charge is 0.371 e. The fourth-order valence-corrected chi connectivity index (χ4v) is 5.17. The van der Waals surface area contributed by atoms with Crippen molar-refractivity contribution in [1.29, 1.82) is 0 Å². The zero-order valence-electron chi connectivity index (χ0n) is 16.6. The molecule has 2 aliphatic carbocycles. The summed E-state index contributed by atoms with van der Waals surface area (Å²) in [4.78, 5) is 17.1. The van der Waals surface area contributed by atoms with Gasteiger partial charge in [-0.1, -0.05) is 24.6 Å². The van der Waals surface area contributed by atoms with Gasteiger partial charge in [-0.2, -0.15) is 0 Å². The maximum Gasteiger partial charge on any atom is 0.222 e. The zero-order chi connectivity index (χ0) is 19.0. The third kappa shape index (κ3) is 4.04. The summed E-state index contributed by atoms with van der Waals surface area (Å²) >= 11 is 0. The van der Waals surface area contributed by atoms with Gasteiger partial charge in [-0.25, -0.2) is 4.39 Å². The van der Waals surface area contributed by atoms with Gasteiger partial charge >= 0.3 is 0 Å². The minimum Gasteiger partial charge on any atom is -0.371 e. The number of fused-ring (bicyclic) bond motifs is 1. The molecule has 1 saturated heterocycles. The average molecular weight is 371 g/mol. The average Bonchev–Trinajstić information content (AvgIpc) is 3.45. The van der Waals surface area contributed by atoms with E-state index in [4.69, 9.17) is 0 Å². The zero-order valence-corrected chi connectivity index (χ0v) is 16.6. The fourth-order valence-electron chi connectivity index (χ4n) is 5.17. The molecule has 4 rings (SSSR count). The Bertz CT molecular complexity index is 718. The van der Waals surface area contributed by atoms with Crippen LogP contribution in [0.1, 0.15) is 45.1 Å². The summed E-state index contributed by atoms with van der Waals surface area (Å²) in [6, 6.07) is 6.60. The number of hydrogen-bond donors (Lipinski definition) is 0. The van der Waals surface area contributed by atoms with E-state index in [0.29, 0.717) is 6.42 Å². The van der Waals surface area contributed by atoms with E-state index in [1.54, 1.807) is 11.3 Å². The van der Waals surface area contributed by atoms with E-state index in [2.05, 4.69) is 18.7 Å². The highest BCUT2D eigenvalue weighted by molar-refractivity contribution is 5.76. The summed E-state index contributed by atoms with van der Waals surface area (Å²) in [6.45, 7) is 8.36. The molecule has 3 aliphatic rings. The first kappa shape index (κ1) is 18.5. The van der Waals surface area contributed by atoms with Gasteiger partial charge in [-0.05, 0) is 62.1 Å². The Morgan fingerprint density at radius 1 is 1.15 bits per heavy atom. The number of hydrogen-bond acceptors (Lipinski definition) is 2. The molecular formula is C23H31FN2O. The molecule has 1 amide bonds. The highest BCUT2D eigenvalue weighted by Crippen LogP contribution is 2.55. The molecule has 1 aromatic carbocycles. The second kappa shape index (κ2) is 7.65. The number of carbonyl (C=O) groups excluding carboxylic acids is 1. The number of piperazine rings is 1. The molecule has 2 fully saturated rings. The molecule has 0 aromatic heterocycles. The maximum absolute atomic E-state index is 12.9. The van der Waals surface area contributed by atoms with Gasteiger partial charge in [0.25, 0.3) is 0 Å². The van der Waals surface area contributed by atoms with Gasteiger partial charge in [0.05, 0.1) is 0 Å². The smallest absolute Gasteiger partial charge is 0.222 e. The molecule has 4 heteroatoms. The minimum atomic E-state index is -0.206. The number of allylic oxidation sites excluding steroid dienone is 2. The molecule has 146 valence electrons. The van der Waals surface area contributed by atoms with Crippen LogP contribution in [0.2, 0.25) is 0 Å². The van der Waals surface area contributed by atoms with Crippen LogP contribution in [0.3, 0.4) is 0 Å². The molecule has 1 saturated carbocycles. The lowest BCUT2D eigenvalue weighted by atomic mass is 9.88. The number of rotatable bonds is 5. The van der Waals surface area contributed by atoms with Crippen LogP contribution in [0.5, 0.6) is 0 Å². The van der Waals surface area contributed by atoms with E-state index in [0.717, 1.165) is 62.3 Å². The van der Waals surface area contributed by atoms with E-state index in [1.807, 2.05) is 17.0 Å². The third-order valence-corrected chi connectivity index (χ3v) is 6.73. The van der Waals surface area contributed by atoms with Crippen molar-refractivity contribution in [1.82, 2.24) is 9.80 Å². The van der Waals surface area contributed by atoms with Gasteiger partial charge in [0.2, 0.25) is 5.91 Å². The van der Waals surface area contributed by atoms with Crippen LogP contribution in [-0.2, 0) is 11.2 Å². The molecule has 0 spiro atoms. The number of nitrogens with zero attached hydrogens (tertiary/aromatic N) is 2. The normalized spacial score (nSPS) is 27.6. The summed E-state index contributed by atoms with van der Waals surface area (Å²) in [5, 5.41) is 0. The maximum atomic E-state index is 12.9. The molecular weight excluding hydrogens is 339 g/mol. The molecule has 3 nitrogen and oxygen atoms in total. The Kier molecular flexibility index (Phi) is 5.25. The highest BCUT2D eigenvalue weighted by atomic mass is 19.1. The third-order valence-electron chi connectivity index (χ3n) is 6.73. The molecule has 1 aromatic rings. The summed E-state index contributed by atoms with van der Waals surface area (Å²) in [5.74, 6) is 2.62. The summed E-state index contributed by atoms with van der Waals surface area (Å²) in [5.41, 5.74) is 4.30. The van der Waals surface area contributed by atoms with Crippen molar-refractivity contribution in [3.63, 3.8) is 0 Å². The van der Waals surface area contributed by atoms with Crippen LogP contribution in [0.15, 0.2) is 35.5 Å². The second-order valence-electron chi connectivity index (χ2n) is 8.70. The van der Waals surface area contributed by atoms with Crippen molar-refractivity contribution in [2.45, 2.75) is 46.0 Å². The van der Waals surface area contributed by atoms with Gasteiger partial charge in [-0.3, -0.25) is 4.79 Å². The first-order valence-corrected chi connectivity index (χ1v) is 10.5. The predicted molar refractivity (Wildman–Crippen MR) is 106 cm³/mol. The van der Waals surface area contributed by atoms with Gasteiger partial charge < -0.3 is 9.80 Å². The first-order valence-electron chi connectivity index (χ1n) is 10.5. The Balaban J connectivity index is 1.24. The SMILES string of the molecule is CC1=C(N2CCN(C(=O)CCCc3ccc(F)cc3)CC2)C2CC2C(C)C1. The van der Waals surface area contributed by atoms with E-state index in [1.165, 1.54) is 25.0 Å². The lowest BCUT2D eigenvalue weighted by Crippen LogP contribution is -2.49. The number of carbonyl (C=O) groups is 1. The van der Waals surface area contributed by atoms with Crippen LogP contribution in [-0.4, -0.2) is 41.9 Å². The van der Waals surface area contributed by atoms with Crippen LogP contribution in [0.4, 0.5) is 4.39 Å². The van der Waals surface area contributed by atoms with E-state index >= 15 is 0 Å². The lowest BCUT2D eigenvalue weighted by Gasteiger charge is -2.40. The van der Waals surface area contributed by atoms with Crippen LogP contribution >= 0.6 is 0 Å². The van der Waals surface area contributed by atoms with E-state index < -0.39 is 0 Å². The summed E-state index contributed by atoms with van der Waals surface area (Å²) in [7, 11) is 0. The molecule has 1 aliphatic heterocycles. The quantitative estimate of drug-likeness (QED) is 0.774. The Hall–Kier alpha value is -1.84. The fraction of sp³-hybridized carbons (Fsp3) is 0.609. The number of halogens is 1. The van der Waals surface area contributed by atoms with E-state index in [-0.39, 0.29) is 11.7 Å². The van der Waals surface area contributed by atoms with Crippen LogP contribution < -0.4 is 0 Å². The predicted octanol–water partition coefficient (Wildman–Crippen LogP) is 4.24. The molecule has 0 bridgehead atoms. The van der Waals surface area contributed by atoms with Crippen molar-refractivity contribution in [2.24, 2.45) is 17.8 Å². The van der Waals surface area contributed by atoms with Gasteiger partial charge in [0.15, 0.2) is 0 Å². The topological polar surface area (TPSA) is 23.6 Å². The van der Waals surface area contributed by atoms with Gasteiger partial charge in [-0.15, -0.1) is 0 Å². The molecule has 0 radical (unpaired) electrons. The van der Waals surface area contributed by atoms with Crippen molar-refractivity contribution >= 4 is 5.91 Å². The van der Waals surface area contributed by atoms with Crippen molar-refractivity contribution < 1.29 is 9.18 Å². The molecule has 3 atom stereocenters. The van der Waals surface area contributed by atoms with Gasteiger partial charge in [0, 0.05) is 44.2 Å². The summed E-state index contributed by atoms with van der Waals surface area (Å²) < 4.78 is 12.9. The van der Waals surface area contributed by atoms with Crippen molar-refractivity contribution in [3.05, 3.63) is 46.9 Å². The Morgan fingerprint density at radius 2 is 1.85 bits per heavy atom. The lowest BCUT2D eigenvalue weighted by molar-refractivity contribution is -0.132. The van der Waals surface area contributed by atoms with Crippen molar-refractivity contribution in [2.75, 3.05) is 26.2 Å². The Morgan fingerprint density at radius 3 is 2.56 bits per heavy atom. The minimum absolute atomic E-state index is 0.206. The molecule has 0 N–H and O–H groups in total. The summed E-state index contributed by atoms with van der Waals surface area (Å²) in [6.07, 6.45) is 4.87. The standard InChI is InChI=1S/C23H31FN2O/c1-16-14-17(2)23(21-15-20(16)21)26-12-10-25(11-13-26)22(27)5-3-4-18-6-8-19(24)9-7-18/h6-9,16,20-21H,3-5,10-15H2,1-2H3. The number of benzene rings is 1. The van der Waals surface area contributed by atoms with Crippen LogP contribution in [0.25, 0.3) is 0 Å². The van der Waals surface area contributed by atoms with Gasteiger partial charge in [0.1, 0.15) is 5.82 Å². The monoisotopic (exact) mass is 370 g/mol. The molecule has 3 unspecified atom stereocenters. The second-order valence-corrected chi connectivity index (χ2v) is 8.70. The number of aryl methyl sites for hydroxylation is 1. The van der Waals surface area contributed by atoms with E-state index in [9.17, 15) is 9.18 Å².